The Morgan fingerprint density at radius 1 is 0.778 bits per heavy atom. The predicted octanol–water partition coefficient (Wildman–Crippen LogP) is 7.65. The average Bonchev–Trinajstić information content (AvgIpc) is 3.27. The summed E-state index contributed by atoms with van der Waals surface area (Å²) in [6.07, 6.45) is 0. The molecule has 1 N–H and O–H groups in total. The monoisotopic (exact) mass is 602 g/mol. The van der Waals surface area contributed by atoms with Crippen LogP contribution < -0.4 is 5.32 Å². The second-order valence-electron chi connectivity index (χ2n) is 12.1. The highest BCUT2D eigenvalue weighted by atomic mass is 16.6. The molecule has 0 aliphatic rings. The maximum atomic E-state index is 13.0. The van der Waals surface area contributed by atoms with Crippen molar-refractivity contribution in [2.24, 2.45) is 0 Å². The number of rotatable bonds is 8. The zero-order valence-electron chi connectivity index (χ0n) is 26.6. The first-order valence-electron chi connectivity index (χ1n) is 14.9. The highest BCUT2D eigenvalue weighted by molar-refractivity contribution is 5.99. The number of hydrogen-bond acceptors (Lipinski definition) is 5. The van der Waals surface area contributed by atoms with E-state index >= 15 is 0 Å². The molecular weight excluding hydrogens is 564 g/mol. The van der Waals surface area contributed by atoms with E-state index in [4.69, 9.17) is 9.47 Å². The Bertz CT molecular complexity index is 1880. The number of amides is 1. The molecule has 0 fully saturated rings. The Kier molecular flexibility index (Phi) is 8.91. The van der Waals surface area contributed by atoms with Crippen LogP contribution in [0.1, 0.15) is 74.2 Å². The minimum Gasteiger partial charge on any atom is -0.465 e. The number of aromatic nitrogens is 1. The summed E-state index contributed by atoms with van der Waals surface area (Å²) in [5.41, 5.74) is 8.11. The zero-order chi connectivity index (χ0) is 32.3. The fraction of sp³-hybridized carbons (Fsp3) is 0.237. The lowest BCUT2D eigenvalue weighted by molar-refractivity contribution is 0.00701. The van der Waals surface area contributed by atoms with Gasteiger partial charge in [-0.3, -0.25) is 4.79 Å². The molecule has 0 saturated heterocycles. The van der Waals surface area contributed by atoms with Gasteiger partial charge in [-0.15, -0.1) is 0 Å². The van der Waals surface area contributed by atoms with Gasteiger partial charge >= 0.3 is 11.9 Å². The minimum absolute atomic E-state index is 0.166. The molecule has 45 heavy (non-hydrogen) atoms. The SMILES string of the molecule is COC(=O)c1ccc(CNC(=O)c2ccc3c(c2)c(C)c(C)n3Cc2ccc(-c3ccccc3C(=O)OC(C)(C)C)cc2)cc1. The molecule has 7 nitrogen and oxygen atoms in total. The number of ether oxygens (including phenoxy) is 2. The van der Waals surface area contributed by atoms with E-state index in [0.29, 0.717) is 29.8 Å². The number of carbonyl (C=O) groups excluding carboxylic acids is 3. The number of methoxy groups -OCH3 is 1. The van der Waals surface area contributed by atoms with Crippen LogP contribution in [-0.2, 0) is 22.6 Å². The highest BCUT2D eigenvalue weighted by Crippen LogP contribution is 2.29. The van der Waals surface area contributed by atoms with E-state index in [1.807, 2.05) is 69.3 Å². The Morgan fingerprint density at radius 3 is 2.09 bits per heavy atom. The summed E-state index contributed by atoms with van der Waals surface area (Å²) >= 11 is 0. The lowest BCUT2D eigenvalue weighted by Gasteiger charge is -2.20. The summed E-state index contributed by atoms with van der Waals surface area (Å²) in [7, 11) is 1.35. The van der Waals surface area contributed by atoms with Crippen LogP contribution in [0.15, 0.2) is 91.0 Å². The van der Waals surface area contributed by atoms with Gasteiger partial charge in [0.2, 0.25) is 0 Å². The molecule has 0 aliphatic carbocycles. The lowest BCUT2D eigenvalue weighted by atomic mass is 9.98. The van der Waals surface area contributed by atoms with E-state index in [-0.39, 0.29) is 11.9 Å². The number of hydrogen-bond donors (Lipinski definition) is 1. The standard InChI is InChI=1S/C38H38N2O5/c1-24-25(2)40(23-27-13-15-28(16-14-27)31-9-7-8-10-32(31)37(43)45-38(3,4)5)34-20-19-30(21-33(24)34)35(41)39-22-26-11-17-29(18-12-26)36(42)44-6/h7-21H,22-23H2,1-6H3,(H,39,41). The molecule has 0 spiro atoms. The van der Waals surface area contributed by atoms with Crippen LogP contribution in [0.4, 0.5) is 0 Å². The summed E-state index contributed by atoms with van der Waals surface area (Å²) in [5.74, 6) is -0.898. The van der Waals surface area contributed by atoms with Crippen LogP contribution >= 0.6 is 0 Å². The third-order valence-electron chi connectivity index (χ3n) is 7.88. The van der Waals surface area contributed by atoms with Crippen molar-refractivity contribution in [3.63, 3.8) is 0 Å². The summed E-state index contributed by atoms with van der Waals surface area (Å²) in [4.78, 5) is 37.6. The molecule has 5 aromatic rings. The van der Waals surface area contributed by atoms with Gasteiger partial charge in [0.15, 0.2) is 0 Å². The number of fused-ring (bicyclic) bond motifs is 1. The van der Waals surface area contributed by atoms with Gasteiger partial charge in [-0.25, -0.2) is 9.59 Å². The molecule has 1 amide bonds. The molecule has 0 saturated carbocycles. The van der Waals surface area contributed by atoms with Gasteiger partial charge in [0, 0.05) is 35.2 Å². The summed E-state index contributed by atoms with van der Waals surface area (Å²) in [6, 6.07) is 28.5. The molecule has 0 bridgehead atoms. The van der Waals surface area contributed by atoms with Crippen molar-refractivity contribution in [2.75, 3.05) is 7.11 Å². The predicted molar refractivity (Wildman–Crippen MR) is 177 cm³/mol. The molecule has 7 heteroatoms. The second-order valence-corrected chi connectivity index (χ2v) is 12.1. The Balaban J connectivity index is 1.32. The fourth-order valence-electron chi connectivity index (χ4n) is 5.37. The first-order chi connectivity index (χ1) is 21.4. The summed E-state index contributed by atoms with van der Waals surface area (Å²) in [6.45, 7) is 10.8. The molecule has 1 aromatic heterocycles. The van der Waals surface area contributed by atoms with Crippen molar-refractivity contribution in [3.8, 4) is 11.1 Å². The van der Waals surface area contributed by atoms with E-state index < -0.39 is 11.6 Å². The van der Waals surface area contributed by atoms with Gasteiger partial charge in [0.25, 0.3) is 5.91 Å². The van der Waals surface area contributed by atoms with Crippen molar-refractivity contribution < 1.29 is 23.9 Å². The third kappa shape index (κ3) is 6.99. The Labute approximate surface area is 263 Å². The molecule has 0 atom stereocenters. The number of nitrogens with one attached hydrogen (secondary N) is 1. The van der Waals surface area contributed by atoms with Crippen LogP contribution in [0.2, 0.25) is 0 Å². The Hall–Kier alpha value is -5.17. The van der Waals surface area contributed by atoms with Crippen molar-refractivity contribution in [1.82, 2.24) is 9.88 Å². The van der Waals surface area contributed by atoms with E-state index in [0.717, 1.165) is 44.4 Å². The summed E-state index contributed by atoms with van der Waals surface area (Å²) in [5, 5.41) is 4.01. The first-order valence-corrected chi connectivity index (χ1v) is 14.9. The highest BCUT2D eigenvalue weighted by Gasteiger charge is 2.21. The molecule has 5 rings (SSSR count). The Morgan fingerprint density at radius 2 is 1.42 bits per heavy atom. The average molecular weight is 603 g/mol. The third-order valence-corrected chi connectivity index (χ3v) is 7.88. The number of esters is 2. The van der Waals surface area contributed by atoms with E-state index in [1.54, 1.807) is 30.3 Å². The molecule has 230 valence electrons. The van der Waals surface area contributed by atoms with E-state index in [1.165, 1.54) is 7.11 Å². The normalized spacial score (nSPS) is 11.3. The lowest BCUT2D eigenvalue weighted by Crippen LogP contribution is -2.24. The van der Waals surface area contributed by atoms with Crippen LogP contribution in [0.5, 0.6) is 0 Å². The molecule has 0 unspecified atom stereocenters. The minimum atomic E-state index is -0.574. The molecule has 0 radical (unpaired) electrons. The van der Waals surface area contributed by atoms with Gasteiger partial charge in [-0.1, -0.05) is 54.6 Å². The van der Waals surface area contributed by atoms with Crippen molar-refractivity contribution in [2.45, 2.75) is 53.3 Å². The molecular formula is C38H38N2O5. The fourth-order valence-corrected chi connectivity index (χ4v) is 5.37. The zero-order valence-corrected chi connectivity index (χ0v) is 26.6. The number of carbonyl (C=O) groups is 3. The number of aryl methyl sites for hydroxylation is 1. The maximum absolute atomic E-state index is 13.0. The van der Waals surface area contributed by atoms with E-state index in [9.17, 15) is 14.4 Å². The van der Waals surface area contributed by atoms with Crippen LogP contribution in [0, 0.1) is 13.8 Å². The smallest absolute Gasteiger partial charge is 0.339 e. The van der Waals surface area contributed by atoms with Gasteiger partial charge in [0.1, 0.15) is 5.60 Å². The molecule has 0 aliphatic heterocycles. The topological polar surface area (TPSA) is 86.6 Å². The molecule has 1 heterocycles. The maximum Gasteiger partial charge on any atom is 0.339 e. The number of benzene rings is 4. The van der Waals surface area contributed by atoms with Gasteiger partial charge in [0.05, 0.1) is 18.2 Å². The van der Waals surface area contributed by atoms with Crippen LogP contribution in [0.25, 0.3) is 22.0 Å². The quantitative estimate of drug-likeness (QED) is 0.185. The molecule has 4 aromatic carbocycles. The summed E-state index contributed by atoms with van der Waals surface area (Å²) < 4.78 is 12.6. The van der Waals surface area contributed by atoms with Gasteiger partial charge in [-0.2, -0.15) is 0 Å². The van der Waals surface area contributed by atoms with Gasteiger partial charge < -0.3 is 19.4 Å². The van der Waals surface area contributed by atoms with Gasteiger partial charge in [-0.05, 0) is 98.8 Å². The van der Waals surface area contributed by atoms with Crippen LogP contribution in [0.3, 0.4) is 0 Å². The number of nitrogens with zero attached hydrogens (tertiary/aromatic N) is 1. The van der Waals surface area contributed by atoms with Crippen molar-refractivity contribution in [3.05, 3.63) is 130 Å². The van der Waals surface area contributed by atoms with Crippen molar-refractivity contribution in [1.29, 1.82) is 0 Å². The largest absolute Gasteiger partial charge is 0.465 e. The van der Waals surface area contributed by atoms with Crippen molar-refractivity contribution >= 4 is 28.7 Å². The van der Waals surface area contributed by atoms with E-state index in [2.05, 4.69) is 35.9 Å². The second kappa shape index (κ2) is 12.8. The first kappa shape index (κ1) is 31.3. The van der Waals surface area contributed by atoms with Crippen LogP contribution in [-0.4, -0.2) is 35.1 Å².